The molecule has 1 aromatic heterocycles. The van der Waals surface area contributed by atoms with Gasteiger partial charge >= 0.3 is 0 Å². The Morgan fingerprint density at radius 3 is 1.35 bits per heavy atom. The SMILES string of the molecule is c1ccc2c(c1)Oc1ccccc1C21c2ccccc2-c2cc(-c3ccc(N(c4ccc(-c5cccc6oc7ccccc7c56)cc4)c4cccc5c4-c4ccccc4C54c5ccccc5Oc5ccccc54)cc3)ccc21. The molecule has 12 aromatic carbocycles. The van der Waals surface area contributed by atoms with Crippen LogP contribution in [0.4, 0.5) is 17.1 Å². The third-order valence-corrected chi connectivity index (χ3v) is 17.2. The second-order valence-electron chi connectivity index (χ2n) is 20.9. The molecule has 4 heteroatoms. The first-order valence-electron chi connectivity index (χ1n) is 26.8. The highest BCUT2D eigenvalue weighted by Gasteiger charge is 2.53. The molecule has 2 aliphatic heterocycles. The van der Waals surface area contributed by atoms with E-state index in [9.17, 15) is 0 Å². The van der Waals surface area contributed by atoms with E-state index in [-0.39, 0.29) is 0 Å². The first-order chi connectivity index (χ1) is 38.7. The zero-order chi connectivity index (χ0) is 51.1. The lowest BCUT2D eigenvalue weighted by molar-refractivity contribution is 0.436. The molecule has 0 saturated carbocycles. The Labute approximate surface area is 451 Å². The highest BCUT2D eigenvalue weighted by molar-refractivity contribution is 6.12. The van der Waals surface area contributed by atoms with Crippen molar-refractivity contribution in [2.75, 3.05) is 4.90 Å². The van der Waals surface area contributed by atoms with Gasteiger partial charge in [-0.2, -0.15) is 0 Å². The molecule has 4 nitrogen and oxygen atoms in total. The van der Waals surface area contributed by atoms with E-state index < -0.39 is 10.8 Å². The van der Waals surface area contributed by atoms with E-state index in [1.165, 1.54) is 55.6 Å². The van der Waals surface area contributed by atoms with Gasteiger partial charge in [-0.15, -0.1) is 0 Å². The quantitative estimate of drug-likeness (QED) is 0.172. The van der Waals surface area contributed by atoms with Crippen LogP contribution in [0.25, 0.3) is 66.4 Å². The smallest absolute Gasteiger partial charge is 0.136 e. The number of rotatable bonds is 5. The number of furan rings is 1. The molecule has 0 unspecified atom stereocenters. The Kier molecular flexibility index (Phi) is 8.94. The minimum Gasteiger partial charge on any atom is -0.457 e. The van der Waals surface area contributed by atoms with Crippen LogP contribution in [0, 0.1) is 0 Å². The maximum Gasteiger partial charge on any atom is 0.136 e. The Bertz CT molecular complexity index is 4550. The maximum absolute atomic E-state index is 6.73. The predicted octanol–water partition coefficient (Wildman–Crippen LogP) is 19.3. The monoisotopic (exact) mass is 995 g/mol. The van der Waals surface area contributed by atoms with Crippen LogP contribution in [0.15, 0.2) is 277 Å². The van der Waals surface area contributed by atoms with Crippen LogP contribution < -0.4 is 14.4 Å². The summed E-state index contributed by atoms with van der Waals surface area (Å²) in [6.45, 7) is 0. The summed E-state index contributed by atoms with van der Waals surface area (Å²) in [7, 11) is 0. The van der Waals surface area contributed by atoms with Gasteiger partial charge in [0.15, 0.2) is 0 Å². The van der Waals surface area contributed by atoms with Crippen molar-refractivity contribution in [2.24, 2.45) is 0 Å². The molecule has 78 heavy (non-hydrogen) atoms. The molecule has 0 saturated heterocycles. The topological polar surface area (TPSA) is 34.8 Å². The summed E-state index contributed by atoms with van der Waals surface area (Å²) in [4.78, 5) is 2.45. The normalized spacial score (nSPS) is 14.1. The Morgan fingerprint density at radius 1 is 0.282 bits per heavy atom. The van der Waals surface area contributed by atoms with Crippen LogP contribution >= 0.6 is 0 Å². The summed E-state index contributed by atoms with van der Waals surface area (Å²) in [5.74, 6) is 3.54. The van der Waals surface area contributed by atoms with Gasteiger partial charge < -0.3 is 18.8 Å². The summed E-state index contributed by atoms with van der Waals surface area (Å²) in [5.41, 5.74) is 22.9. The zero-order valence-electron chi connectivity index (χ0n) is 42.2. The molecule has 2 aliphatic carbocycles. The highest BCUT2D eigenvalue weighted by atomic mass is 16.5. The van der Waals surface area contributed by atoms with Crippen molar-refractivity contribution in [3.63, 3.8) is 0 Å². The summed E-state index contributed by atoms with van der Waals surface area (Å²) < 4.78 is 19.7. The van der Waals surface area contributed by atoms with Crippen molar-refractivity contribution in [2.45, 2.75) is 10.8 Å². The lowest BCUT2D eigenvalue weighted by Gasteiger charge is -2.39. The van der Waals surface area contributed by atoms with Crippen molar-refractivity contribution >= 4 is 39.0 Å². The van der Waals surface area contributed by atoms with Gasteiger partial charge in [0.1, 0.15) is 34.2 Å². The van der Waals surface area contributed by atoms with Gasteiger partial charge in [0.05, 0.1) is 16.5 Å². The van der Waals surface area contributed by atoms with Gasteiger partial charge in [0.25, 0.3) is 0 Å². The fraction of sp³-hybridized carbons (Fsp3) is 0.0270. The molecular formula is C74H45NO3. The lowest BCUT2D eigenvalue weighted by atomic mass is 9.66. The van der Waals surface area contributed by atoms with Crippen LogP contribution in [0.2, 0.25) is 0 Å². The Balaban J connectivity index is 0.845. The number of hydrogen-bond acceptors (Lipinski definition) is 4. The number of hydrogen-bond donors (Lipinski definition) is 0. The Hall–Kier alpha value is -10.2. The van der Waals surface area contributed by atoms with Gasteiger partial charge in [-0.1, -0.05) is 200 Å². The number of ether oxygens (including phenoxy) is 2. The molecule has 0 amide bonds. The van der Waals surface area contributed by atoms with Crippen molar-refractivity contribution in [1.82, 2.24) is 0 Å². The van der Waals surface area contributed by atoms with Gasteiger partial charge in [0.2, 0.25) is 0 Å². The number of anilines is 3. The molecule has 0 bridgehead atoms. The first kappa shape index (κ1) is 43.1. The fourth-order valence-electron chi connectivity index (χ4n) is 14.1. The molecular weight excluding hydrogens is 951 g/mol. The van der Waals surface area contributed by atoms with Crippen molar-refractivity contribution in [1.29, 1.82) is 0 Å². The van der Waals surface area contributed by atoms with E-state index in [1.54, 1.807) is 0 Å². The van der Waals surface area contributed by atoms with E-state index in [1.807, 2.05) is 12.1 Å². The number of nitrogens with zero attached hydrogens (tertiary/aromatic N) is 1. The van der Waals surface area contributed by atoms with Crippen LogP contribution in [-0.4, -0.2) is 0 Å². The minimum absolute atomic E-state index is 0.517. The first-order valence-corrected chi connectivity index (χ1v) is 26.8. The van der Waals surface area contributed by atoms with Crippen molar-refractivity contribution in [3.8, 4) is 67.5 Å². The maximum atomic E-state index is 6.73. The number of fused-ring (bicyclic) bond motifs is 21. The van der Waals surface area contributed by atoms with E-state index in [0.717, 1.165) is 95.4 Å². The molecule has 0 N–H and O–H groups in total. The van der Waals surface area contributed by atoms with E-state index >= 15 is 0 Å². The van der Waals surface area contributed by atoms with E-state index in [2.05, 4.69) is 266 Å². The van der Waals surface area contributed by atoms with Gasteiger partial charge in [-0.05, 0) is 134 Å². The van der Waals surface area contributed by atoms with Crippen LogP contribution in [0.3, 0.4) is 0 Å². The number of benzene rings is 12. The summed E-state index contributed by atoms with van der Waals surface area (Å²) in [6, 6.07) is 99.1. The fourth-order valence-corrected chi connectivity index (χ4v) is 14.1. The molecule has 4 aliphatic rings. The molecule has 0 atom stereocenters. The second kappa shape index (κ2) is 16.2. The Morgan fingerprint density at radius 2 is 0.718 bits per heavy atom. The average molecular weight is 996 g/mol. The molecule has 364 valence electrons. The molecule has 3 heterocycles. The van der Waals surface area contributed by atoms with Gasteiger partial charge in [0, 0.05) is 50.0 Å². The second-order valence-corrected chi connectivity index (χ2v) is 20.9. The summed E-state index contributed by atoms with van der Waals surface area (Å²) in [6.07, 6.45) is 0. The largest absolute Gasteiger partial charge is 0.457 e. The van der Waals surface area contributed by atoms with Crippen LogP contribution in [0.1, 0.15) is 44.5 Å². The predicted molar refractivity (Wildman–Crippen MR) is 314 cm³/mol. The van der Waals surface area contributed by atoms with Gasteiger partial charge in [-0.25, -0.2) is 0 Å². The summed E-state index contributed by atoms with van der Waals surface area (Å²) in [5, 5.41) is 2.24. The van der Waals surface area contributed by atoms with E-state index in [4.69, 9.17) is 13.9 Å². The van der Waals surface area contributed by atoms with Crippen LogP contribution in [-0.2, 0) is 10.8 Å². The minimum atomic E-state index is -0.613. The van der Waals surface area contributed by atoms with Crippen LogP contribution in [0.5, 0.6) is 23.0 Å². The molecule has 2 spiro atoms. The third kappa shape index (κ3) is 5.73. The highest BCUT2D eigenvalue weighted by Crippen LogP contribution is 2.65. The van der Waals surface area contributed by atoms with Crippen molar-refractivity contribution in [3.05, 3.63) is 317 Å². The molecule has 0 fully saturated rings. The number of para-hydroxylation sites is 5. The van der Waals surface area contributed by atoms with Gasteiger partial charge in [-0.3, -0.25) is 0 Å². The standard InChI is InChI=1S/C74H45NO3/c1-4-21-56-52(17-1)55-45-48(39-44-58(55)73(56)59-23-6-11-30-66(59)77-67-31-12-7-24-60(67)73)46-35-40-49(41-36-46)75(50-42-37-47(38-43-50)51-20-15-34-70-71(51)54-19-3-10-29-65(54)76-70)64-28-16-27-63-72(64)53-18-2-5-22-57(53)74(63)61-25-8-13-32-68(61)78-69-33-14-9-26-62(69)74/h1-45H. The van der Waals surface area contributed by atoms with Crippen molar-refractivity contribution < 1.29 is 13.9 Å². The lowest BCUT2D eigenvalue weighted by Crippen LogP contribution is -2.32. The molecule has 0 radical (unpaired) electrons. The van der Waals surface area contributed by atoms with E-state index in [0.29, 0.717) is 0 Å². The zero-order valence-corrected chi connectivity index (χ0v) is 42.2. The molecule has 17 rings (SSSR count). The third-order valence-electron chi connectivity index (χ3n) is 17.2. The summed E-state index contributed by atoms with van der Waals surface area (Å²) >= 11 is 0. The average Bonchev–Trinajstić information content (AvgIpc) is 4.05. The molecule has 13 aromatic rings.